The van der Waals surface area contributed by atoms with Gasteiger partial charge in [0.15, 0.2) is 6.61 Å². The minimum Gasteiger partial charge on any atom is -0.452 e. The van der Waals surface area contributed by atoms with E-state index in [1.165, 1.54) is 24.3 Å². The van der Waals surface area contributed by atoms with Crippen LogP contribution in [0.3, 0.4) is 0 Å². The molecule has 2 N–H and O–H groups in total. The number of benzene rings is 2. The van der Waals surface area contributed by atoms with Gasteiger partial charge in [-0.25, -0.2) is 17.9 Å². The predicted octanol–water partition coefficient (Wildman–Crippen LogP) is 2.24. The fraction of sp³-hybridized carbons (Fsp3) is 0.300. The fourth-order valence-electron chi connectivity index (χ4n) is 2.25. The van der Waals surface area contributed by atoms with Gasteiger partial charge in [0.1, 0.15) is 0 Å². The summed E-state index contributed by atoms with van der Waals surface area (Å²) in [6, 6.07) is 14.5. The minimum atomic E-state index is -3.64. The summed E-state index contributed by atoms with van der Waals surface area (Å²) in [5.41, 5.74) is 1.10. The first-order valence-electron chi connectivity index (χ1n) is 8.92. The first-order chi connectivity index (χ1) is 13.3. The number of hydrogen-bond donors (Lipinski definition) is 2. The van der Waals surface area contributed by atoms with Crippen molar-refractivity contribution >= 4 is 21.9 Å². The summed E-state index contributed by atoms with van der Waals surface area (Å²) in [6.07, 6.45) is 0.663. The minimum absolute atomic E-state index is 0.0601. The third-order valence-electron chi connectivity index (χ3n) is 4.04. The second-order valence-corrected chi connectivity index (χ2v) is 8.01. The summed E-state index contributed by atoms with van der Waals surface area (Å²) in [7, 11) is -3.64. The Hall–Kier alpha value is -2.71. The average Bonchev–Trinajstić information content (AvgIpc) is 2.71. The summed E-state index contributed by atoms with van der Waals surface area (Å²) < 4.78 is 31.9. The van der Waals surface area contributed by atoms with Crippen molar-refractivity contribution in [3.63, 3.8) is 0 Å². The van der Waals surface area contributed by atoms with E-state index < -0.39 is 28.5 Å². The molecule has 2 aromatic rings. The second-order valence-electron chi connectivity index (χ2n) is 6.29. The Morgan fingerprint density at radius 1 is 1.04 bits per heavy atom. The van der Waals surface area contributed by atoms with Crippen LogP contribution < -0.4 is 10.0 Å². The molecule has 1 atom stereocenters. The molecule has 2 aromatic carbocycles. The highest BCUT2D eigenvalue weighted by Crippen LogP contribution is 2.12. The lowest BCUT2D eigenvalue weighted by molar-refractivity contribution is -0.124. The van der Waals surface area contributed by atoms with Crippen LogP contribution in [0.2, 0.25) is 0 Å². The standard InChI is InChI=1S/C20H24N2O5S/c1-3-15(2)22-28(25,26)18-11-9-17(10-12-18)20(24)27-14-19(23)21-13-16-7-5-4-6-8-16/h4-12,15,22H,3,13-14H2,1-2H3,(H,21,23). The van der Waals surface area contributed by atoms with Gasteiger partial charge in [0.2, 0.25) is 10.0 Å². The zero-order chi connectivity index (χ0) is 20.6. The molecular formula is C20H24N2O5S. The Labute approximate surface area is 165 Å². The van der Waals surface area contributed by atoms with Crippen molar-refractivity contribution in [3.8, 4) is 0 Å². The molecule has 8 heteroatoms. The van der Waals surface area contributed by atoms with Crippen molar-refractivity contribution < 1.29 is 22.7 Å². The molecule has 0 saturated carbocycles. The Balaban J connectivity index is 1.86. The highest BCUT2D eigenvalue weighted by atomic mass is 32.2. The number of ether oxygens (including phenoxy) is 1. The van der Waals surface area contributed by atoms with Gasteiger partial charge in [-0.1, -0.05) is 37.3 Å². The number of hydrogen-bond acceptors (Lipinski definition) is 5. The normalized spacial score (nSPS) is 12.2. The molecule has 0 fully saturated rings. The maximum Gasteiger partial charge on any atom is 0.338 e. The summed E-state index contributed by atoms with van der Waals surface area (Å²) >= 11 is 0. The molecule has 7 nitrogen and oxygen atoms in total. The molecular weight excluding hydrogens is 380 g/mol. The van der Waals surface area contributed by atoms with Gasteiger partial charge < -0.3 is 10.1 Å². The molecule has 150 valence electrons. The Bertz CT molecular complexity index is 896. The monoisotopic (exact) mass is 404 g/mol. The van der Waals surface area contributed by atoms with Gasteiger partial charge in [0.25, 0.3) is 5.91 Å². The first kappa shape index (κ1) is 21.6. The number of amides is 1. The average molecular weight is 404 g/mol. The molecule has 1 amide bonds. The SMILES string of the molecule is CCC(C)NS(=O)(=O)c1ccc(C(=O)OCC(=O)NCc2ccccc2)cc1. The molecule has 0 heterocycles. The molecule has 1 unspecified atom stereocenters. The number of rotatable bonds is 9. The first-order valence-corrected chi connectivity index (χ1v) is 10.4. The number of carbonyl (C=O) groups excluding carboxylic acids is 2. The van der Waals surface area contributed by atoms with Gasteiger partial charge in [0, 0.05) is 12.6 Å². The smallest absolute Gasteiger partial charge is 0.338 e. The van der Waals surface area contributed by atoms with E-state index in [-0.39, 0.29) is 16.5 Å². The van der Waals surface area contributed by atoms with E-state index in [9.17, 15) is 18.0 Å². The van der Waals surface area contributed by atoms with Gasteiger partial charge >= 0.3 is 5.97 Å². The third kappa shape index (κ3) is 6.47. The molecule has 0 aliphatic carbocycles. The van der Waals surface area contributed by atoms with E-state index >= 15 is 0 Å². The number of nitrogens with one attached hydrogen (secondary N) is 2. The zero-order valence-corrected chi connectivity index (χ0v) is 16.7. The van der Waals surface area contributed by atoms with E-state index in [0.717, 1.165) is 5.56 Å². The maximum atomic E-state index is 12.2. The Morgan fingerprint density at radius 3 is 2.29 bits per heavy atom. The maximum absolute atomic E-state index is 12.2. The van der Waals surface area contributed by atoms with E-state index in [2.05, 4.69) is 10.0 Å². The molecule has 0 saturated heterocycles. The van der Waals surface area contributed by atoms with Crippen molar-refractivity contribution in [3.05, 3.63) is 65.7 Å². The summed E-state index contributed by atoms with van der Waals surface area (Å²) in [5.74, 6) is -1.12. The number of carbonyl (C=O) groups is 2. The quantitative estimate of drug-likeness (QED) is 0.624. The summed E-state index contributed by atoms with van der Waals surface area (Å²) in [5, 5.41) is 2.65. The Morgan fingerprint density at radius 2 is 1.68 bits per heavy atom. The highest BCUT2D eigenvalue weighted by molar-refractivity contribution is 7.89. The van der Waals surface area contributed by atoms with Crippen LogP contribution in [0.1, 0.15) is 36.2 Å². The van der Waals surface area contributed by atoms with Crippen LogP contribution in [0.25, 0.3) is 0 Å². The highest BCUT2D eigenvalue weighted by Gasteiger charge is 2.17. The summed E-state index contributed by atoms with van der Waals surface area (Å²) in [4.78, 5) is 23.9. The van der Waals surface area contributed by atoms with Crippen LogP contribution in [0.15, 0.2) is 59.5 Å². The second kappa shape index (κ2) is 10.0. The molecule has 28 heavy (non-hydrogen) atoms. The molecule has 0 aliphatic rings. The van der Waals surface area contributed by atoms with Crippen LogP contribution in [-0.2, 0) is 26.1 Å². The molecule has 0 aliphatic heterocycles. The fourth-order valence-corrected chi connectivity index (χ4v) is 3.58. The van der Waals surface area contributed by atoms with E-state index in [4.69, 9.17) is 4.74 Å². The molecule has 0 aromatic heterocycles. The lowest BCUT2D eigenvalue weighted by Gasteiger charge is -2.12. The molecule has 2 rings (SSSR count). The number of esters is 1. The van der Waals surface area contributed by atoms with Gasteiger partial charge in [0.05, 0.1) is 10.5 Å². The van der Waals surface area contributed by atoms with Crippen molar-refractivity contribution in [1.29, 1.82) is 0 Å². The molecule has 0 spiro atoms. The number of sulfonamides is 1. The van der Waals surface area contributed by atoms with E-state index in [1.807, 2.05) is 37.3 Å². The van der Waals surface area contributed by atoms with Gasteiger partial charge in [-0.3, -0.25) is 4.79 Å². The predicted molar refractivity (Wildman–Crippen MR) is 105 cm³/mol. The van der Waals surface area contributed by atoms with E-state index in [1.54, 1.807) is 6.92 Å². The van der Waals surface area contributed by atoms with Gasteiger partial charge in [-0.2, -0.15) is 0 Å². The van der Waals surface area contributed by atoms with Crippen LogP contribution in [0, 0.1) is 0 Å². The lowest BCUT2D eigenvalue weighted by atomic mass is 10.2. The molecule has 0 bridgehead atoms. The van der Waals surface area contributed by atoms with Crippen molar-refractivity contribution in [1.82, 2.24) is 10.0 Å². The van der Waals surface area contributed by atoms with Crippen molar-refractivity contribution in [2.75, 3.05) is 6.61 Å². The van der Waals surface area contributed by atoms with Gasteiger partial charge in [-0.05, 0) is 43.2 Å². The Kier molecular flexibility index (Phi) is 7.71. The zero-order valence-electron chi connectivity index (χ0n) is 15.8. The van der Waals surface area contributed by atoms with Crippen molar-refractivity contribution in [2.45, 2.75) is 37.8 Å². The topological polar surface area (TPSA) is 102 Å². The van der Waals surface area contributed by atoms with Crippen LogP contribution in [-0.4, -0.2) is 32.9 Å². The van der Waals surface area contributed by atoms with Crippen LogP contribution in [0.4, 0.5) is 0 Å². The lowest BCUT2D eigenvalue weighted by Crippen LogP contribution is -2.32. The third-order valence-corrected chi connectivity index (χ3v) is 5.64. The van der Waals surface area contributed by atoms with Crippen LogP contribution in [0.5, 0.6) is 0 Å². The molecule has 0 radical (unpaired) electrons. The van der Waals surface area contributed by atoms with E-state index in [0.29, 0.717) is 13.0 Å². The largest absolute Gasteiger partial charge is 0.452 e. The summed E-state index contributed by atoms with van der Waals surface area (Å²) in [6.45, 7) is 3.57. The van der Waals surface area contributed by atoms with Gasteiger partial charge in [-0.15, -0.1) is 0 Å². The van der Waals surface area contributed by atoms with Crippen LogP contribution >= 0.6 is 0 Å². The van der Waals surface area contributed by atoms with Crippen molar-refractivity contribution in [2.24, 2.45) is 0 Å².